The van der Waals surface area contributed by atoms with Crippen LogP contribution in [0.5, 0.6) is 0 Å². The lowest BCUT2D eigenvalue weighted by molar-refractivity contribution is 0.613. The van der Waals surface area contributed by atoms with Crippen LogP contribution in [-0.4, -0.2) is 17.6 Å². The summed E-state index contributed by atoms with van der Waals surface area (Å²) in [5.41, 5.74) is 1.24. The lowest BCUT2D eigenvalue weighted by Crippen LogP contribution is -2.33. The van der Waals surface area contributed by atoms with E-state index in [1.807, 2.05) is 6.20 Å². The van der Waals surface area contributed by atoms with Crippen molar-refractivity contribution in [3.8, 4) is 0 Å². The van der Waals surface area contributed by atoms with Gasteiger partial charge in [0.15, 0.2) is 0 Å². The Morgan fingerprint density at radius 2 is 2.12 bits per heavy atom. The SMILES string of the molecule is CCN(c1ccc(CBr)cn1)C1CCCC1. The maximum absolute atomic E-state index is 4.56. The highest BCUT2D eigenvalue weighted by Gasteiger charge is 2.22. The molecule has 0 aromatic carbocycles. The summed E-state index contributed by atoms with van der Waals surface area (Å²) < 4.78 is 0. The van der Waals surface area contributed by atoms with Crippen molar-refractivity contribution in [2.75, 3.05) is 11.4 Å². The van der Waals surface area contributed by atoms with E-state index >= 15 is 0 Å². The van der Waals surface area contributed by atoms with Gasteiger partial charge in [0.25, 0.3) is 0 Å². The summed E-state index contributed by atoms with van der Waals surface area (Å²) in [5, 5.41) is 0.885. The molecule has 1 saturated carbocycles. The summed E-state index contributed by atoms with van der Waals surface area (Å²) in [7, 11) is 0. The van der Waals surface area contributed by atoms with Crippen LogP contribution in [0, 0.1) is 0 Å². The molecule has 0 atom stereocenters. The van der Waals surface area contributed by atoms with Gasteiger partial charge in [0, 0.05) is 24.1 Å². The van der Waals surface area contributed by atoms with Crippen molar-refractivity contribution < 1.29 is 0 Å². The highest BCUT2D eigenvalue weighted by atomic mass is 79.9. The molecule has 0 saturated heterocycles. The number of anilines is 1. The number of halogens is 1. The highest BCUT2D eigenvalue weighted by molar-refractivity contribution is 9.08. The van der Waals surface area contributed by atoms with E-state index in [4.69, 9.17) is 0 Å². The fraction of sp³-hybridized carbons (Fsp3) is 0.615. The van der Waals surface area contributed by atoms with Crippen molar-refractivity contribution in [2.45, 2.75) is 44.0 Å². The molecule has 0 radical (unpaired) electrons. The predicted octanol–water partition coefficient (Wildman–Crippen LogP) is 3.75. The molecule has 0 aliphatic heterocycles. The molecule has 3 heteroatoms. The van der Waals surface area contributed by atoms with E-state index in [0.29, 0.717) is 6.04 Å². The van der Waals surface area contributed by atoms with Crippen LogP contribution in [0.25, 0.3) is 0 Å². The summed E-state index contributed by atoms with van der Waals surface area (Å²) in [6, 6.07) is 5.03. The van der Waals surface area contributed by atoms with Crippen LogP contribution in [-0.2, 0) is 5.33 Å². The van der Waals surface area contributed by atoms with Crippen molar-refractivity contribution in [3.63, 3.8) is 0 Å². The lowest BCUT2D eigenvalue weighted by Gasteiger charge is -2.28. The number of hydrogen-bond acceptors (Lipinski definition) is 2. The second-order valence-electron chi connectivity index (χ2n) is 4.38. The third-order valence-electron chi connectivity index (χ3n) is 3.36. The molecule has 1 aromatic heterocycles. The summed E-state index contributed by atoms with van der Waals surface area (Å²) in [5.74, 6) is 1.14. The standard InChI is InChI=1S/C13H19BrN2/c1-2-16(12-5-3-4-6-12)13-8-7-11(9-14)10-15-13/h7-8,10,12H,2-6,9H2,1H3. The first-order chi connectivity index (χ1) is 7.85. The molecule has 0 amide bonds. The second kappa shape index (κ2) is 5.67. The van der Waals surface area contributed by atoms with Crippen LogP contribution in [0.2, 0.25) is 0 Å². The zero-order chi connectivity index (χ0) is 11.4. The van der Waals surface area contributed by atoms with E-state index < -0.39 is 0 Å². The topological polar surface area (TPSA) is 16.1 Å². The molecule has 88 valence electrons. The number of pyridine rings is 1. The highest BCUT2D eigenvalue weighted by Crippen LogP contribution is 2.26. The van der Waals surface area contributed by atoms with Crippen molar-refractivity contribution in [3.05, 3.63) is 23.9 Å². The molecular formula is C13H19BrN2. The third kappa shape index (κ3) is 2.57. The first kappa shape index (κ1) is 11.9. The number of hydrogen-bond donors (Lipinski definition) is 0. The average Bonchev–Trinajstić information content (AvgIpc) is 2.85. The van der Waals surface area contributed by atoms with Gasteiger partial charge in [-0.25, -0.2) is 4.98 Å². The zero-order valence-corrected chi connectivity index (χ0v) is 11.4. The number of rotatable bonds is 4. The molecule has 0 spiro atoms. The van der Waals surface area contributed by atoms with Crippen LogP contribution in [0.3, 0.4) is 0 Å². The van der Waals surface area contributed by atoms with Gasteiger partial charge < -0.3 is 4.90 Å². The molecule has 1 heterocycles. The van der Waals surface area contributed by atoms with E-state index in [0.717, 1.165) is 17.7 Å². The number of nitrogens with zero attached hydrogens (tertiary/aromatic N) is 2. The first-order valence-electron chi connectivity index (χ1n) is 6.12. The fourth-order valence-corrected chi connectivity index (χ4v) is 2.82. The number of aromatic nitrogens is 1. The van der Waals surface area contributed by atoms with Crippen LogP contribution in [0.15, 0.2) is 18.3 Å². The molecule has 0 unspecified atom stereocenters. The van der Waals surface area contributed by atoms with E-state index in [1.165, 1.54) is 31.2 Å². The summed E-state index contributed by atoms with van der Waals surface area (Å²) >= 11 is 3.45. The normalized spacial score (nSPS) is 16.6. The quantitative estimate of drug-likeness (QED) is 0.782. The third-order valence-corrected chi connectivity index (χ3v) is 4.01. The van der Waals surface area contributed by atoms with Crippen molar-refractivity contribution >= 4 is 21.7 Å². The van der Waals surface area contributed by atoms with E-state index in [-0.39, 0.29) is 0 Å². The minimum Gasteiger partial charge on any atom is -0.354 e. The maximum Gasteiger partial charge on any atom is 0.128 e. The summed E-state index contributed by atoms with van der Waals surface area (Å²) in [4.78, 5) is 7.01. The van der Waals surface area contributed by atoms with Gasteiger partial charge in [0.1, 0.15) is 5.82 Å². The Morgan fingerprint density at radius 3 is 2.62 bits per heavy atom. The van der Waals surface area contributed by atoms with Gasteiger partial charge in [-0.2, -0.15) is 0 Å². The second-order valence-corrected chi connectivity index (χ2v) is 4.94. The van der Waals surface area contributed by atoms with Gasteiger partial charge in [-0.1, -0.05) is 34.8 Å². The van der Waals surface area contributed by atoms with Gasteiger partial charge in [-0.05, 0) is 31.4 Å². The molecule has 16 heavy (non-hydrogen) atoms. The van der Waals surface area contributed by atoms with Crippen LogP contribution in [0.4, 0.5) is 5.82 Å². The Hall–Kier alpha value is -0.570. The van der Waals surface area contributed by atoms with Gasteiger partial charge in [0.05, 0.1) is 0 Å². The smallest absolute Gasteiger partial charge is 0.128 e. The minimum absolute atomic E-state index is 0.715. The van der Waals surface area contributed by atoms with Gasteiger partial charge in [0.2, 0.25) is 0 Å². The Kier molecular flexibility index (Phi) is 4.22. The lowest BCUT2D eigenvalue weighted by atomic mass is 10.2. The van der Waals surface area contributed by atoms with Crippen molar-refractivity contribution in [1.82, 2.24) is 4.98 Å². The van der Waals surface area contributed by atoms with Gasteiger partial charge >= 0.3 is 0 Å². The largest absolute Gasteiger partial charge is 0.354 e. The fourth-order valence-electron chi connectivity index (χ4n) is 2.49. The molecule has 0 N–H and O–H groups in total. The monoisotopic (exact) mass is 282 g/mol. The molecule has 1 aliphatic rings. The van der Waals surface area contributed by atoms with Gasteiger partial charge in [-0.15, -0.1) is 0 Å². The van der Waals surface area contributed by atoms with Crippen LogP contribution < -0.4 is 4.90 Å². The van der Waals surface area contributed by atoms with Crippen molar-refractivity contribution in [1.29, 1.82) is 0 Å². The Morgan fingerprint density at radius 1 is 1.38 bits per heavy atom. The van der Waals surface area contributed by atoms with Crippen LogP contribution in [0.1, 0.15) is 38.2 Å². The minimum atomic E-state index is 0.715. The molecule has 2 nitrogen and oxygen atoms in total. The van der Waals surface area contributed by atoms with E-state index in [2.05, 4.69) is 44.9 Å². The molecule has 1 aromatic rings. The predicted molar refractivity (Wildman–Crippen MR) is 72.1 cm³/mol. The number of alkyl halides is 1. The molecule has 2 rings (SSSR count). The Bertz CT molecular complexity index is 317. The molecule has 0 bridgehead atoms. The summed E-state index contributed by atoms with van der Waals surface area (Å²) in [6.45, 7) is 3.28. The molecule has 1 fully saturated rings. The summed E-state index contributed by atoms with van der Waals surface area (Å²) in [6.07, 6.45) is 7.38. The molecular weight excluding hydrogens is 264 g/mol. The van der Waals surface area contributed by atoms with E-state index in [1.54, 1.807) is 0 Å². The Balaban J connectivity index is 2.12. The Labute approximate surface area is 106 Å². The average molecular weight is 283 g/mol. The van der Waals surface area contributed by atoms with E-state index in [9.17, 15) is 0 Å². The molecule has 1 aliphatic carbocycles. The van der Waals surface area contributed by atoms with Crippen molar-refractivity contribution in [2.24, 2.45) is 0 Å². The maximum atomic E-state index is 4.56. The van der Waals surface area contributed by atoms with Crippen LogP contribution >= 0.6 is 15.9 Å². The van der Waals surface area contributed by atoms with Gasteiger partial charge in [-0.3, -0.25) is 0 Å². The first-order valence-corrected chi connectivity index (χ1v) is 7.25. The zero-order valence-electron chi connectivity index (χ0n) is 9.82.